The second kappa shape index (κ2) is 7.90. The van der Waals surface area contributed by atoms with Crippen LogP contribution in [0.4, 0.5) is 5.69 Å². The molecule has 4 aromatic carbocycles. The van der Waals surface area contributed by atoms with Gasteiger partial charge in [0.25, 0.3) is 0 Å². The lowest BCUT2D eigenvalue weighted by Crippen LogP contribution is -2.44. The third-order valence-electron chi connectivity index (χ3n) is 8.88. The molecule has 1 saturated heterocycles. The minimum Gasteiger partial charge on any atom is -0.456 e. The molecular formula is C33H24N2O4. The Morgan fingerprint density at radius 2 is 1.23 bits per heavy atom. The van der Waals surface area contributed by atoms with E-state index in [0.717, 1.165) is 38.6 Å². The Morgan fingerprint density at radius 3 is 1.79 bits per heavy atom. The molecule has 0 spiro atoms. The van der Waals surface area contributed by atoms with Crippen LogP contribution >= 0.6 is 0 Å². The monoisotopic (exact) mass is 512 g/mol. The fourth-order valence-electron chi connectivity index (χ4n) is 7.27. The quantitative estimate of drug-likeness (QED) is 0.287. The number of benzene rings is 4. The molecule has 5 aromatic rings. The molecule has 0 radical (unpaired) electrons. The molecule has 0 saturated carbocycles. The van der Waals surface area contributed by atoms with Crippen molar-refractivity contribution in [1.29, 1.82) is 0 Å². The molecule has 2 heterocycles. The minimum atomic E-state index is -0.473. The highest BCUT2D eigenvalue weighted by Crippen LogP contribution is 2.61. The van der Waals surface area contributed by atoms with Gasteiger partial charge in [-0.1, -0.05) is 66.7 Å². The van der Waals surface area contributed by atoms with Gasteiger partial charge in [-0.15, -0.1) is 0 Å². The van der Waals surface area contributed by atoms with Gasteiger partial charge in [-0.05, 0) is 40.5 Å². The number of carbonyl (C=O) groups is 3. The minimum absolute atomic E-state index is 0.127. The van der Waals surface area contributed by atoms with Gasteiger partial charge in [0.15, 0.2) is 0 Å². The van der Waals surface area contributed by atoms with Gasteiger partial charge in [0, 0.05) is 41.3 Å². The highest BCUT2D eigenvalue weighted by atomic mass is 16.3. The van der Waals surface area contributed by atoms with Gasteiger partial charge in [-0.2, -0.15) is 0 Å². The zero-order chi connectivity index (χ0) is 26.4. The lowest BCUT2D eigenvalue weighted by Gasteiger charge is -2.45. The lowest BCUT2D eigenvalue weighted by molar-refractivity contribution is -0.140. The molecule has 6 heteroatoms. The highest BCUT2D eigenvalue weighted by Gasteiger charge is 2.61. The van der Waals surface area contributed by atoms with E-state index in [2.05, 4.69) is 24.3 Å². The molecule has 0 unspecified atom stereocenters. The molecule has 1 aromatic heterocycles. The van der Waals surface area contributed by atoms with E-state index < -0.39 is 11.8 Å². The summed E-state index contributed by atoms with van der Waals surface area (Å²) in [6, 6.07) is 29.7. The fraction of sp³-hybridized carbons (Fsp3) is 0.182. The van der Waals surface area contributed by atoms with Crippen molar-refractivity contribution in [2.75, 3.05) is 11.6 Å². The van der Waals surface area contributed by atoms with Crippen molar-refractivity contribution in [2.45, 2.75) is 18.8 Å². The molecule has 9 rings (SSSR count). The first-order chi connectivity index (χ1) is 19.0. The Hall–Kier alpha value is -4.71. The second-order valence-corrected chi connectivity index (χ2v) is 10.7. The summed E-state index contributed by atoms with van der Waals surface area (Å²) in [5, 5.41) is 1.95. The maximum absolute atomic E-state index is 14.0. The molecule has 1 fully saturated rings. The number of carbonyl (C=O) groups excluding carboxylic acids is 3. The molecule has 3 amide bonds. The fourth-order valence-corrected chi connectivity index (χ4v) is 7.27. The highest BCUT2D eigenvalue weighted by molar-refractivity contribution is 6.09. The van der Waals surface area contributed by atoms with Crippen molar-refractivity contribution in [3.8, 4) is 0 Å². The summed E-state index contributed by atoms with van der Waals surface area (Å²) in [7, 11) is 0. The first kappa shape index (κ1) is 22.3. The number of nitrogens with zero attached hydrogens (tertiary/aromatic N) is 2. The van der Waals surface area contributed by atoms with Crippen molar-refractivity contribution in [1.82, 2.24) is 4.90 Å². The van der Waals surface area contributed by atoms with Crippen LogP contribution in [0.1, 0.15) is 41.0 Å². The third-order valence-corrected chi connectivity index (χ3v) is 8.88. The van der Waals surface area contributed by atoms with Crippen LogP contribution in [0, 0.1) is 11.8 Å². The summed E-state index contributed by atoms with van der Waals surface area (Å²) >= 11 is 0. The topological polar surface area (TPSA) is 70.8 Å². The summed E-state index contributed by atoms with van der Waals surface area (Å²) < 4.78 is 6.03. The van der Waals surface area contributed by atoms with Crippen molar-refractivity contribution in [2.24, 2.45) is 11.8 Å². The number of rotatable bonds is 3. The van der Waals surface area contributed by atoms with Gasteiger partial charge < -0.3 is 4.42 Å². The molecule has 1 aliphatic heterocycles. The maximum Gasteiger partial charge on any atom is 0.235 e. The van der Waals surface area contributed by atoms with Crippen LogP contribution < -0.4 is 4.90 Å². The molecule has 190 valence electrons. The number of hydrogen-bond acceptors (Lipinski definition) is 4. The van der Waals surface area contributed by atoms with E-state index in [0.29, 0.717) is 11.3 Å². The van der Waals surface area contributed by atoms with Crippen molar-refractivity contribution in [3.63, 3.8) is 0 Å². The predicted octanol–water partition coefficient (Wildman–Crippen LogP) is 5.79. The molecule has 0 N–H and O–H groups in total. The first-order valence-electron chi connectivity index (χ1n) is 13.2. The largest absolute Gasteiger partial charge is 0.456 e. The Bertz CT molecular complexity index is 1760. The van der Waals surface area contributed by atoms with Gasteiger partial charge in [0.2, 0.25) is 17.7 Å². The van der Waals surface area contributed by atoms with Crippen LogP contribution in [0.5, 0.6) is 0 Å². The summed E-state index contributed by atoms with van der Waals surface area (Å²) in [6.45, 7) is 1.33. The van der Waals surface area contributed by atoms with Crippen molar-refractivity contribution in [3.05, 3.63) is 113 Å². The predicted molar refractivity (Wildman–Crippen MR) is 147 cm³/mol. The Kier molecular flexibility index (Phi) is 4.51. The zero-order valence-corrected chi connectivity index (χ0v) is 21.2. The van der Waals surface area contributed by atoms with Crippen LogP contribution in [0.15, 0.2) is 95.4 Å². The Labute approximate surface area is 224 Å². The summed E-state index contributed by atoms with van der Waals surface area (Å²) in [5.41, 5.74) is 6.51. The van der Waals surface area contributed by atoms with Gasteiger partial charge in [0.1, 0.15) is 17.8 Å². The number of hydrogen-bond donors (Lipinski definition) is 0. The lowest BCUT2D eigenvalue weighted by atomic mass is 9.55. The number of para-hydroxylation sites is 1. The van der Waals surface area contributed by atoms with Gasteiger partial charge >= 0.3 is 0 Å². The average molecular weight is 513 g/mol. The number of fused-ring (bicyclic) bond motifs is 3. The Morgan fingerprint density at radius 1 is 0.718 bits per heavy atom. The van der Waals surface area contributed by atoms with Gasteiger partial charge in [-0.3, -0.25) is 24.2 Å². The number of furan rings is 1. The van der Waals surface area contributed by atoms with Crippen LogP contribution in [-0.4, -0.2) is 29.3 Å². The number of amides is 3. The molecule has 6 nitrogen and oxygen atoms in total. The summed E-state index contributed by atoms with van der Waals surface area (Å²) in [5.74, 6) is -1.97. The van der Waals surface area contributed by atoms with E-state index >= 15 is 0 Å². The van der Waals surface area contributed by atoms with E-state index in [-0.39, 0.29) is 36.2 Å². The second-order valence-electron chi connectivity index (χ2n) is 10.7. The average Bonchev–Trinajstić information content (AvgIpc) is 3.45. The molecule has 2 bridgehead atoms. The Balaban J connectivity index is 1.19. The van der Waals surface area contributed by atoms with Crippen molar-refractivity contribution < 1.29 is 18.8 Å². The van der Waals surface area contributed by atoms with Gasteiger partial charge in [0.05, 0.1) is 11.8 Å². The molecule has 4 aliphatic rings. The number of likely N-dealkylation sites (tertiary alicyclic amines) is 1. The summed E-state index contributed by atoms with van der Waals surface area (Å²) in [4.78, 5) is 43.8. The molecular weight excluding hydrogens is 488 g/mol. The van der Waals surface area contributed by atoms with E-state index in [4.69, 9.17) is 4.42 Å². The number of imide groups is 1. The van der Waals surface area contributed by atoms with Crippen LogP contribution in [-0.2, 0) is 14.4 Å². The number of anilines is 1. The molecule has 3 aliphatic carbocycles. The molecule has 39 heavy (non-hydrogen) atoms. The van der Waals surface area contributed by atoms with E-state index in [1.54, 1.807) is 0 Å². The van der Waals surface area contributed by atoms with Crippen LogP contribution in [0.25, 0.3) is 21.9 Å². The molecule has 2 atom stereocenters. The van der Waals surface area contributed by atoms with E-state index in [1.165, 1.54) is 16.7 Å². The standard InChI is InChI=1S/C33H24N2O4/c1-18(36)34(19-14-15-21-20-8-6-7-13-26(20)39-27(21)16-19)17-35-32(37)30-28-22-9-2-3-10-23(22)29(31(30)33(35)38)25-12-5-4-11-24(25)28/h2-16,28-31H,17H2,1H3/t28?,29?,30-,31-/m1/s1. The van der Waals surface area contributed by atoms with Crippen LogP contribution in [0.3, 0.4) is 0 Å². The zero-order valence-electron chi connectivity index (χ0n) is 21.2. The maximum atomic E-state index is 14.0. The van der Waals surface area contributed by atoms with Gasteiger partial charge in [-0.25, -0.2) is 0 Å². The summed E-state index contributed by atoms with van der Waals surface area (Å²) in [6.07, 6.45) is 0. The van der Waals surface area contributed by atoms with E-state index in [9.17, 15) is 14.4 Å². The van der Waals surface area contributed by atoms with Crippen molar-refractivity contribution >= 4 is 45.3 Å². The van der Waals surface area contributed by atoms with E-state index in [1.807, 2.05) is 66.7 Å². The SMILES string of the molecule is CC(=O)N(CN1C(=O)[C@@H]2C3c4ccccc4C(c4ccccc43)[C@H]2C1=O)c1ccc2c(c1)oc1ccccc12. The third kappa shape index (κ3) is 2.94. The first-order valence-corrected chi connectivity index (χ1v) is 13.2. The smallest absolute Gasteiger partial charge is 0.235 e. The van der Waals surface area contributed by atoms with Crippen LogP contribution in [0.2, 0.25) is 0 Å². The normalized spacial score (nSPS) is 22.7.